The molecule has 5 heteroatoms. The fraction of sp³-hybridized carbons (Fsp3) is 0.714. The Balaban J connectivity index is 0. The topological polar surface area (TPSA) is 80.3 Å². The van der Waals surface area contributed by atoms with E-state index in [1.54, 1.807) is 13.8 Å². The molecule has 0 atom stereocenters. The summed E-state index contributed by atoms with van der Waals surface area (Å²) < 4.78 is 0. The van der Waals surface area contributed by atoms with Gasteiger partial charge < -0.3 is 19.8 Å². The van der Waals surface area contributed by atoms with E-state index in [0.29, 0.717) is 0 Å². The molecule has 0 saturated heterocycles. The molecule has 0 radical (unpaired) electrons. The number of carbonyl (C=O) groups is 2. The van der Waals surface area contributed by atoms with Crippen LogP contribution in [0.25, 0.3) is 0 Å². The largest absolute Gasteiger partial charge is 2.00 e. The maximum Gasteiger partial charge on any atom is 2.00 e. The van der Waals surface area contributed by atoms with E-state index in [2.05, 4.69) is 0 Å². The molecule has 0 aliphatic heterocycles. The SMILES string of the molecule is CC(C)(CC(=O)[O-])CC(=O)[O-].[Mg+2]. The number of carboxylic acids is 2. The van der Waals surface area contributed by atoms with E-state index in [1.165, 1.54) is 0 Å². The molecule has 0 rings (SSSR count). The van der Waals surface area contributed by atoms with Crippen molar-refractivity contribution in [1.82, 2.24) is 0 Å². The Morgan fingerprint density at radius 3 is 1.50 bits per heavy atom. The first kappa shape index (κ1) is 14.2. The van der Waals surface area contributed by atoms with Crippen LogP contribution >= 0.6 is 0 Å². The standard InChI is InChI=1S/C7H12O4.Mg/c1-7(2,3-5(8)9)4-6(10)11;/h3-4H2,1-2H3,(H,8,9)(H,10,11);/q;+2/p-2. The molecule has 0 N–H and O–H groups in total. The van der Waals surface area contributed by atoms with Crippen molar-refractivity contribution in [2.45, 2.75) is 26.7 Å². The number of carbonyl (C=O) groups excluding carboxylic acids is 2. The van der Waals surface area contributed by atoms with E-state index >= 15 is 0 Å². The predicted molar refractivity (Wildman–Crippen MR) is 38.8 cm³/mol. The van der Waals surface area contributed by atoms with Crippen LogP contribution in [0.1, 0.15) is 26.7 Å². The van der Waals surface area contributed by atoms with Gasteiger partial charge in [0, 0.05) is 11.9 Å². The summed E-state index contributed by atoms with van der Waals surface area (Å²) >= 11 is 0. The van der Waals surface area contributed by atoms with Crippen molar-refractivity contribution in [3.63, 3.8) is 0 Å². The van der Waals surface area contributed by atoms with E-state index in [4.69, 9.17) is 0 Å². The first-order chi connectivity index (χ1) is 4.83. The maximum absolute atomic E-state index is 10.1. The van der Waals surface area contributed by atoms with Crippen LogP contribution in [0.3, 0.4) is 0 Å². The fourth-order valence-corrected chi connectivity index (χ4v) is 0.844. The molecule has 0 unspecified atom stereocenters. The molecule has 0 fully saturated rings. The van der Waals surface area contributed by atoms with Crippen molar-refractivity contribution in [1.29, 1.82) is 0 Å². The zero-order chi connectivity index (χ0) is 9.07. The van der Waals surface area contributed by atoms with E-state index in [-0.39, 0.29) is 35.9 Å². The van der Waals surface area contributed by atoms with Crippen molar-refractivity contribution in [3.8, 4) is 0 Å². The van der Waals surface area contributed by atoms with Gasteiger partial charge >= 0.3 is 23.1 Å². The van der Waals surface area contributed by atoms with Gasteiger partial charge in [-0.3, -0.25) is 0 Å². The number of rotatable bonds is 4. The summed E-state index contributed by atoms with van der Waals surface area (Å²) in [7, 11) is 0. The summed E-state index contributed by atoms with van der Waals surface area (Å²) in [5.74, 6) is -2.48. The molecule has 0 aliphatic rings. The number of carboxylic acid groups (broad SMARTS) is 2. The molecule has 12 heavy (non-hydrogen) atoms. The van der Waals surface area contributed by atoms with Crippen molar-refractivity contribution in [2.75, 3.05) is 0 Å². The predicted octanol–water partition coefficient (Wildman–Crippen LogP) is -2.09. The molecule has 64 valence electrons. The molecule has 0 saturated carbocycles. The Hall–Kier alpha value is -0.294. The zero-order valence-electron chi connectivity index (χ0n) is 7.25. The zero-order valence-corrected chi connectivity index (χ0v) is 8.67. The van der Waals surface area contributed by atoms with Crippen LogP contribution in [0, 0.1) is 5.41 Å². The molecule has 0 aliphatic carbocycles. The molecule has 0 aromatic carbocycles. The molecule has 0 bridgehead atoms. The van der Waals surface area contributed by atoms with Gasteiger partial charge in [-0.05, 0) is 18.3 Å². The van der Waals surface area contributed by atoms with Gasteiger partial charge in [-0.15, -0.1) is 0 Å². The minimum Gasteiger partial charge on any atom is -0.550 e. The summed E-state index contributed by atoms with van der Waals surface area (Å²) in [6, 6.07) is 0. The molecular formula is C7H10MgO4. The molecule has 0 heterocycles. The van der Waals surface area contributed by atoms with Crippen LogP contribution in [0.15, 0.2) is 0 Å². The smallest absolute Gasteiger partial charge is 0.550 e. The second kappa shape index (κ2) is 5.37. The normalized spacial score (nSPS) is 10.2. The summed E-state index contributed by atoms with van der Waals surface area (Å²) in [4.78, 5) is 20.1. The van der Waals surface area contributed by atoms with Crippen LogP contribution in [-0.2, 0) is 9.59 Å². The Morgan fingerprint density at radius 2 is 1.33 bits per heavy atom. The van der Waals surface area contributed by atoms with E-state index in [1.807, 2.05) is 0 Å². The quantitative estimate of drug-likeness (QED) is 0.467. The minimum absolute atomic E-state index is 0. The van der Waals surface area contributed by atoms with Crippen molar-refractivity contribution >= 4 is 35.0 Å². The first-order valence-electron chi connectivity index (χ1n) is 3.23. The van der Waals surface area contributed by atoms with Gasteiger partial charge in [-0.1, -0.05) is 13.8 Å². The van der Waals surface area contributed by atoms with Crippen molar-refractivity contribution in [2.24, 2.45) is 5.41 Å². The first-order valence-corrected chi connectivity index (χ1v) is 3.23. The van der Waals surface area contributed by atoms with Crippen LogP contribution < -0.4 is 10.2 Å². The second-order valence-electron chi connectivity index (χ2n) is 3.26. The third-order valence-corrected chi connectivity index (χ3v) is 1.25. The molecule has 4 nitrogen and oxygen atoms in total. The Morgan fingerprint density at radius 1 is 1.08 bits per heavy atom. The van der Waals surface area contributed by atoms with Gasteiger partial charge in [0.25, 0.3) is 0 Å². The van der Waals surface area contributed by atoms with E-state index < -0.39 is 17.4 Å². The third-order valence-electron chi connectivity index (χ3n) is 1.25. The van der Waals surface area contributed by atoms with Gasteiger partial charge in [0.1, 0.15) is 0 Å². The van der Waals surface area contributed by atoms with Crippen molar-refractivity contribution < 1.29 is 19.8 Å². The third kappa shape index (κ3) is 7.81. The monoisotopic (exact) mass is 182 g/mol. The van der Waals surface area contributed by atoms with E-state index in [9.17, 15) is 19.8 Å². The maximum atomic E-state index is 10.1. The Bertz CT molecular complexity index is 158. The number of hydrogen-bond donors (Lipinski definition) is 0. The van der Waals surface area contributed by atoms with Crippen LogP contribution in [0.4, 0.5) is 0 Å². The van der Waals surface area contributed by atoms with Crippen molar-refractivity contribution in [3.05, 3.63) is 0 Å². The molecule has 0 spiro atoms. The average molecular weight is 182 g/mol. The Kier molecular flexibility index (Phi) is 6.37. The molecule has 0 amide bonds. The average Bonchev–Trinajstić information content (AvgIpc) is 1.53. The van der Waals surface area contributed by atoms with Crippen LogP contribution in [0.2, 0.25) is 0 Å². The Labute approximate surface area is 87.1 Å². The van der Waals surface area contributed by atoms with Gasteiger partial charge in [0.15, 0.2) is 0 Å². The van der Waals surface area contributed by atoms with Gasteiger partial charge in [-0.25, -0.2) is 0 Å². The van der Waals surface area contributed by atoms with Gasteiger partial charge in [-0.2, -0.15) is 0 Å². The molecular weight excluding hydrogens is 172 g/mol. The summed E-state index contributed by atoms with van der Waals surface area (Å²) in [6.45, 7) is 3.08. The summed E-state index contributed by atoms with van der Waals surface area (Å²) in [5, 5.41) is 20.1. The number of hydrogen-bond acceptors (Lipinski definition) is 4. The molecule has 0 aromatic heterocycles. The van der Waals surface area contributed by atoms with E-state index in [0.717, 1.165) is 0 Å². The van der Waals surface area contributed by atoms with Crippen LogP contribution in [-0.4, -0.2) is 35.0 Å². The fourth-order valence-electron chi connectivity index (χ4n) is 0.844. The molecule has 0 aromatic rings. The summed E-state index contributed by atoms with van der Waals surface area (Å²) in [5.41, 5.74) is -0.780. The summed E-state index contributed by atoms with van der Waals surface area (Å²) in [6.07, 6.45) is -0.526. The van der Waals surface area contributed by atoms with Crippen LogP contribution in [0.5, 0.6) is 0 Å². The second-order valence-corrected chi connectivity index (χ2v) is 3.26. The number of aliphatic carboxylic acids is 2. The van der Waals surface area contributed by atoms with Gasteiger partial charge in [0.05, 0.1) is 0 Å². The van der Waals surface area contributed by atoms with Gasteiger partial charge in [0.2, 0.25) is 0 Å². The minimum atomic E-state index is -1.24.